The van der Waals surface area contributed by atoms with Crippen molar-refractivity contribution in [1.29, 1.82) is 0 Å². The number of hydrogen-bond acceptors (Lipinski definition) is 6. The number of amides is 2. The molecule has 27 heavy (non-hydrogen) atoms. The molecule has 142 valence electrons. The average Bonchev–Trinajstić information content (AvgIpc) is 2.90. The summed E-state index contributed by atoms with van der Waals surface area (Å²) in [6, 6.07) is 6.62. The van der Waals surface area contributed by atoms with Crippen molar-refractivity contribution in [3.63, 3.8) is 0 Å². The number of aromatic nitrogens is 1. The van der Waals surface area contributed by atoms with Crippen LogP contribution in [0.5, 0.6) is 0 Å². The Bertz CT molecular complexity index is 1100. The van der Waals surface area contributed by atoms with E-state index in [2.05, 4.69) is 5.32 Å². The summed E-state index contributed by atoms with van der Waals surface area (Å²) in [5.74, 6) is -1.53. The van der Waals surface area contributed by atoms with Gasteiger partial charge in [0.2, 0.25) is 10.0 Å². The van der Waals surface area contributed by atoms with E-state index >= 15 is 0 Å². The Morgan fingerprint density at radius 1 is 1.04 bits per heavy atom. The molecule has 0 unspecified atom stereocenters. The van der Waals surface area contributed by atoms with E-state index in [0.29, 0.717) is 13.1 Å². The number of rotatable bonds is 5. The Hall–Kier alpha value is -2.98. The average molecular weight is 390 g/mol. The van der Waals surface area contributed by atoms with Crippen LogP contribution >= 0.6 is 0 Å². The molecule has 1 aliphatic rings. The molecule has 0 aliphatic carbocycles. The maximum Gasteiger partial charge on any atom is 0.262 e. The number of nitrogens with one attached hydrogen (secondary N) is 1. The maximum atomic E-state index is 12.6. The van der Waals surface area contributed by atoms with Gasteiger partial charge in [-0.15, -0.1) is 0 Å². The highest BCUT2D eigenvalue weighted by molar-refractivity contribution is 7.89. The second kappa shape index (κ2) is 6.63. The number of imide groups is 1. The van der Waals surface area contributed by atoms with Crippen LogP contribution in [-0.2, 0) is 10.0 Å². The van der Waals surface area contributed by atoms with Crippen LogP contribution in [0.3, 0.4) is 0 Å². The van der Waals surface area contributed by atoms with Gasteiger partial charge in [-0.05, 0) is 24.3 Å². The molecule has 2 amide bonds. The van der Waals surface area contributed by atoms with Crippen LogP contribution in [0, 0.1) is 0 Å². The molecule has 1 aromatic heterocycles. The van der Waals surface area contributed by atoms with Gasteiger partial charge < -0.3 is 5.73 Å². The van der Waals surface area contributed by atoms with Gasteiger partial charge in [0, 0.05) is 19.2 Å². The van der Waals surface area contributed by atoms with Crippen molar-refractivity contribution in [2.45, 2.75) is 18.7 Å². The molecule has 0 saturated carbocycles. The summed E-state index contributed by atoms with van der Waals surface area (Å²) in [4.78, 5) is 36.1. The number of nitrogen functional groups attached to an aromatic ring is 1. The fourth-order valence-electron chi connectivity index (χ4n) is 3.03. The lowest BCUT2D eigenvalue weighted by Crippen LogP contribution is -2.30. The van der Waals surface area contributed by atoms with E-state index < -0.39 is 27.4 Å². The summed E-state index contributed by atoms with van der Waals surface area (Å²) in [5, 5.41) is 2.09. The Balaban J connectivity index is 2.10. The molecule has 2 heterocycles. The van der Waals surface area contributed by atoms with E-state index in [1.807, 2.05) is 0 Å². The SMILES string of the molecule is CCN(CC)S(=O)(=O)c1ccc(-n2c(N)c3c(cc2=O)C(=O)NC3=O)cc1. The predicted octanol–water partition coefficient (Wildman–Crippen LogP) is 0.334. The van der Waals surface area contributed by atoms with Crippen molar-refractivity contribution in [3.8, 4) is 5.69 Å². The van der Waals surface area contributed by atoms with E-state index in [0.717, 1.165) is 10.6 Å². The van der Waals surface area contributed by atoms with Gasteiger partial charge >= 0.3 is 0 Å². The molecule has 0 saturated heterocycles. The van der Waals surface area contributed by atoms with Gasteiger partial charge in [0.15, 0.2) is 0 Å². The Kier molecular flexibility index (Phi) is 4.62. The summed E-state index contributed by atoms with van der Waals surface area (Å²) >= 11 is 0. The van der Waals surface area contributed by atoms with Crippen LogP contribution in [0.25, 0.3) is 5.69 Å². The zero-order chi connectivity index (χ0) is 19.9. The Morgan fingerprint density at radius 3 is 2.19 bits per heavy atom. The third-order valence-corrected chi connectivity index (χ3v) is 6.46. The second-order valence-corrected chi connectivity index (χ2v) is 7.80. The number of nitrogens with two attached hydrogens (primary N) is 1. The minimum absolute atomic E-state index is 0.0699. The molecule has 0 radical (unpaired) electrons. The molecule has 1 aliphatic heterocycles. The van der Waals surface area contributed by atoms with Crippen molar-refractivity contribution in [2.75, 3.05) is 18.8 Å². The van der Waals surface area contributed by atoms with Crippen molar-refractivity contribution in [3.05, 3.63) is 51.8 Å². The van der Waals surface area contributed by atoms with Gasteiger partial charge in [-0.25, -0.2) is 8.42 Å². The van der Waals surface area contributed by atoms with Gasteiger partial charge in [-0.2, -0.15) is 4.31 Å². The number of pyridine rings is 1. The van der Waals surface area contributed by atoms with Crippen LogP contribution in [-0.4, -0.2) is 42.2 Å². The molecule has 0 fully saturated rings. The lowest BCUT2D eigenvalue weighted by Gasteiger charge is -2.19. The number of sulfonamides is 1. The highest BCUT2D eigenvalue weighted by Gasteiger charge is 2.32. The van der Waals surface area contributed by atoms with Gasteiger partial charge in [-0.3, -0.25) is 24.3 Å². The van der Waals surface area contributed by atoms with Crippen LogP contribution in [0.15, 0.2) is 40.0 Å². The number of carbonyl (C=O) groups is 2. The standard InChI is InChI=1S/C17H18N4O5S/c1-3-20(4-2)27(25,26)11-7-5-10(6-8-11)21-13(22)9-12-14(15(21)18)17(24)19-16(12)23/h5-9H,3-4,18H2,1-2H3,(H,19,23,24). The van der Waals surface area contributed by atoms with E-state index in [1.165, 1.54) is 28.6 Å². The molecule has 9 nitrogen and oxygen atoms in total. The smallest absolute Gasteiger partial charge is 0.262 e. The number of carbonyl (C=O) groups excluding carboxylic acids is 2. The zero-order valence-electron chi connectivity index (χ0n) is 14.7. The van der Waals surface area contributed by atoms with E-state index in [4.69, 9.17) is 5.73 Å². The predicted molar refractivity (Wildman–Crippen MR) is 98.4 cm³/mol. The van der Waals surface area contributed by atoms with E-state index in [-0.39, 0.29) is 27.5 Å². The van der Waals surface area contributed by atoms with Gasteiger partial charge in [0.1, 0.15) is 5.82 Å². The van der Waals surface area contributed by atoms with Gasteiger partial charge in [0.05, 0.1) is 21.7 Å². The van der Waals surface area contributed by atoms with E-state index in [1.54, 1.807) is 13.8 Å². The number of benzene rings is 1. The molecule has 3 rings (SSSR count). The lowest BCUT2D eigenvalue weighted by molar-refractivity contribution is 0.0880. The molecule has 2 aromatic rings. The summed E-state index contributed by atoms with van der Waals surface area (Å²) in [6.45, 7) is 4.15. The first-order valence-electron chi connectivity index (χ1n) is 8.24. The Labute approximate surface area is 155 Å². The third-order valence-electron chi connectivity index (χ3n) is 4.39. The van der Waals surface area contributed by atoms with Gasteiger partial charge in [-0.1, -0.05) is 13.8 Å². The van der Waals surface area contributed by atoms with Crippen LogP contribution in [0.1, 0.15) is 34.6 Å². The quantitative estimate of drug-likeness (QED) is 0.708. The first kappa shape index (κ1) is 18.8. The first-order chi connectivity index (χ1) is 12.7. The molecular formula is C17H18N4O5S. The number of nitrogens with zero attached hydrogens (tertiary/aromatic N) is 2. The summed E-state index contributed by atoms with van der Waals surface area (Å²) in [7, 11) is -3.64. The van der Waals surface area contributed by atoms with Gasteiger partial charge in [0.25, 0.3) is 17.4 Å². The largest absolute Gasteiger partial charge is 0.384 e. The fraction of sp³-hybridized carbons (Fsp3) is 0.235. The monoisotopic (exact) mass is 390 g/mol. The van der Waals surface area contributed by atoms with Crippen LogP contribution < -0.4 is 16.6 Å². The zero-order valence-corrected chi connectivity index (χ0v) is 15.5. The van der Waals surface area contributed by atoms with Crippen LogP contribution in [0.2, 0.25) is 0 Å². The van der Waals surface area contributed by atoms with Crippen molar-refractivity contribution in [2.24, 2.45) is 0 Å². The lowest BCUT2D eigenvalue weighted by atomic mass is 10.1. The second-order valence-electron chi connectivity index (χ2n) is 5.86. The molecule has 0 bridgehead atoms. The topological polar surface area (TPSA) is 132 Å². The number of fused-ring (bicyclic) bond motifs is 1. The van der Waals surface area contributed by atoms with Crippen molar-refractivity contribution < 1.29 is 18.0 Å². The summed E-state index contributed by atoms with van der Waals surface area (Å²) in [6.07, 6.45) is 0. The highest BCUT2D eigenvalue weighted by atomic mass is 32.2. The Morgan fingerprint density at radius 2 is 1.63 bits per heavy atom. The first-order valence-corrected chi connectivity index (χ1v) is 9.68. The molecule has 1 aromatic carbocycles. The van der Waals surface area contributed by atoms with Crippen molar-refractivity contribution in [1.82, 2.24) is 14.2 Å². The summed E-state index contributed by atoms with van der Waals surface area (Å²) < 4.78 is 27.5. The molecule has 10 heteroatoms. The minimum atomic E-state index is -3.64. The normalized spacial score (nSPS) is 13.7. The summed E-state index contributed by atoms with van der Waals surface area (Å²) in [5.41, 5.74) is 5.50. The molecule has 3 N–H and O–H groups in total. The van der Waals surface area contributed by atoms with Crippen LogP contribution in [0.4, 0.5) is 5.82 Å². The molecule has 0 atom stereocenters. The maximum absolute atomic E-state index is 12.6. The third kappa shape index (κ3) is 2.92. The fourth-order valence-corrected chi connectivity index (χ4v) is 4.48. The van der Waals surface area contributed by atoms with E-state index in [9.17, 15) is 22.8 Å². The molecule has 0 spiro atoms. The minimum Gasteiger partial charge on any atom is -0.384 e. The molecular weight excluding hydrogens is 372 g/mol. The highest BCUT2D eigenvalue weighted by Crippen LogP contribution is 2.24. The number of anilines is 1. The number of hydrogen-bond donors (Lipinski definition) is 2. The van der Waals surface area contributed by atoms with Crippen molar-refractivity contribution >= 4 is 27.7 Å².